The minimum absolute atomic E-state index is 0.221. The second kappa shape index (κ2) is 6.05. The second-order valence-electron chi connectivity index (χ2n) is 5.57. The predicted molar refractivity (Wildman–Crippen MR) is 79.0 cm³/mol. The van der Waals surface area contributed by atoms with Crippen molar-refractivity contribution in [2.75, 3.05) is 44.2 Å². The fourth-order valence-electron chi connectivity index (χ4n) is 2.38. The van der Waals surface area contributed by atoms with Crippen LogP contribution < -0.4 is 10.2 Å². The molecule has 0 bridgehead atoms. The van der Waals surface area contributed by atoms with Crippen LogP contribution >= 0.6 is 11.5 Å². The average Bonchev–Trinajstić information content (AvgIpc) is 3.18. The van der Waals surface area contributed by atoms with Crippen molar-refractivity contribution in [3.8, 4) is 0 Å². The van der Waals surface area contributed by atoms with Gasteiger partial charge < -0.3 is 15.1 Å². The van der Waals surface area contributed by atoms with E-state index < -0.39 is 0 Å². The van der Waals surface area contributed by atoms with Gasteiger partial charge in [0.15, 0.2) is 0 Å². The van der Waals surface area contributed by atoms with E-state index in [-0.39, 0.29) is 5.91 Å². The van der Waals surface area contributed by atoms with Crippen molar-refractivity contribution in [1.82, 2.24) is 19.6 Å². The molecule has 2 heterocycles. The number of hydrogen-bond acceptors (Lipinski definition) is 6. The van der Waals surface area contributed by atoms with Crippen molar-refractivity contribution >= 4 is 22.6 Å². The molecule has 1 aromatic heterocycles. The van der Waals surface area contributed by atoms with E-state index in [4.69, 9.17) is 0 Å². The summed E-state index contributed by atoms with van der Waals surface area (Å²) in [6.07, 6.45) is 2.64. The molecule has 2 aliphatic rings. The molecule has 1 saturated heterocycles. The summed E-state index contributed by atoms with van der Waals surface area (Å²) in [7, 11) is 0. The molecule has 0 spiro atoms. The summed E-state index contributed by atoms with van der Waals surface area (Å²) >= 11 is 1.44. The number of rotatable bonds is 5. The first-order valence-corrected chi connectivity index (χ1v) is 8.03. The zero-order valence-electron chi connectivity index (χ0n) is 11.8. The number of nitrogens with zero attached hydrogens (tertiary/aromatic N) is 4. The predicted octanol–water partition coefficient (Wildman–Crippen LogP) is 0.495. The Hall–Kier alpha value is -1.21. The van der Waals surface area contributed by atoms with Crippen LogP contribution in [0.25, 0.3) is 0 Å². The van der Waals surface area contributed by atoms with Crippen LogP contribution in [-0.2, 0) is 4.79 Å². The summed E-state index contributed by atoms with van der Waals surface area (Å²) in [5.74, 6) is 1.87. The molecule has 110 valence electrons. The number of anilines is 1. The van der Waals surface area contributed by atoms with Gasteiger partial charge in [0.2, 0.25) is 11.0 Å². The van der Waals surface area contributed by atoms with Crippen LogP contribution in [0.1, 0.15) is 18.7 Å². The van der Waals surface area contributed by atoms with Gasteiger partial charge in [0.05, 0.1) is 6.54 Å². The molecule has 3 rings (SSSR count). The topological polar surface area (TPSA) is 61.4 Å². The normalized spacial score (nSPS) is 19.4. The van der Waals surface area contributed by atoms with Crippen LogP contribution in [0.15, 0.2) is 0 Å². The molecule has 0 atom stereocenters. The van der Waals surface area contributed by atoms with Gasteiger partial charge in [-0.3, -0.25) is 4.79 Å². The largest absolute Gasteiger partial charge is 0.343 e. The van der Waals surface area contributed by atoms with Crippen molar-refractivity contribution in [3.05, 3.63) is 5.82 Å². The molecule has 0 radical (unpaired) electrons. The van der Waals surface area contributed by atoms with Gasteiger partial charge in [0, 0.05) is 37.7 Å². The number of aryl methyl sites for hydroxylation is 1. The highest BCUT2D eigenvalue weighted by atomic mass is 32.1. The van der Waals surface area contributed by atoms with Crippen LogP contribution in [0.5, 0.6) is 0 Å². The molecule has 1 aliphatic heterocycles. The summed E-state index contributed by atoms with van der Waals surface area (Å²) < 4.78 is 4.21. The van der Waals surface area contributed by atoms with E-state index >= 15 is 0 Å². The lowest BCUT2D eigenvalue weighted by Crippen LogP contribution is -2.51. The second-order valence-corrected chi connectivity index (χ2v) is 6.30. The van der Waals surface area contributed by atoms with Crippen LogP contribution in [0.4, 0.5) is 5.13 Å². The van der Waals surface area contributed by atoms with Gasteiger partial charge >= 0.3 is 0 Å². The standard InChI is InChI=1S/C13H21N5OS/c1-10-15-13(20-16-10)18-6-4-17(5-7-18)12(19)9-14-8-11-2-3-11/h11,14H,2-9H2,1H3. The molecule has 1 aromatic rings. The molecule has 0 unspecified atom stereocenters. The number of nitrogens with one attached hydrogen (secondary N) is 1. The number of hydrogen-bond donors (Lipinski definition) is 1. The smallest absolute Gasteiger partial charge is 0.236 e. The van der Waals surface area contributed by atoms with Crippen molar-refractivity contribution < 1.29 is 4.79 Å². The van der Waals surface area contributed by atoms with Crippen molar-refractivity contribution in [2.24, 2.45) is 5.92 Å². The van der Waals surface area contributed by atoms with Crippen molar-refractivity contribution in [1.29, 1.82) is 0 Å². The Labute approximate surface area is 123 Å². The lowest BCUT2D eigenvalue weighted by atomic mass is 10.3. The molecule has 1 saturated carbocycles. The van der Waals surface area contributed by atoms with Gasteiger partial charge in [-0.05, 0) is 32.2 Å². The molecule has 20 heavy (non-hydrogen) atoms. The highest BCUT2D eigenvalue weighted by molar-refractivity contribution is 7.09. The van der Waals surface area contributed by atoms with Gasteiger partial charge in [0.1, 0.15) is 5.82 Å². The van der Waals surface area contributed by atoms with Crippen LogP contribution in [-0.4, -0.2) is 59.4 Å². The van der Waals surface area contributed by atoms with Crippen LogP contribution in [0.2, 0.25) is 0 Å². The van der Waals surface area contributed by atoms with E-state index in [0.29, 0.717) is 6.54 Å². The quantitative estimate of drug-likeness (QED) is 0.857. The van der Waals surface area contributed by atoms with E-state index in [1.807, 2.05) is 11.8 Å². The third-order valence-corrected chi connectivity index (χ3v) is 4.69. The molecule has 0 aromatic carbocycles. The molecule has 1 amide bonds. The number of aromatic nitrogens is 2. The van der Waals surface area contributed by atoms with Gasteiger partial charge in [-0.25, -0.2) is 4.98 Å². The Balaban J connectivity index is 1.41. The molecular formula is C13H21N5OS. The lowest BCUT2D eigenvalue weighted by Gasteiger charge is -2.34. The van der Waals surface area contributed by atoms with E-state index in [1.165, 1.54) is 24.4 Å². The fourth-order valence-corrected chi connectivity index (χ4v) is 3.10. The Morgan fingerprint density at radius 3 is 2.70 bits per heavy atom. The summed E-state index contributed by atoms with van der Waals surface area (Å²) in [5.41, 5.74) is 0. The fraction of sp³-hybridized carbons (Fsp3) is 0.769. The maximum atomic E-state index is 12.1. The molecular weight excluding hydrogens is 274 g/mol. The summed E-state index contributed by atoms with van der Waals surface area (Å²) in [5, 5.41) is 4.24. The lowest BCUT2D eigenvalue weighted by molar-refractivity contribution is -0.130. The first-order chi connectivity index (χ1) is 9.72. The van der Waals surface area contributed by atoms with Crippen molar-refractivity contribution in [2.45, 2.75) is 19.8 Å². The SMILES string of the molecule is Cc1nsc(N2CCN(C(=O)CNCC3CC3)CC2)n1. The Bertz CT molecular complexity index is 465. The number of carbonyl (C=O) groups is 1. The van der Waals surface area contributed by atoms with E-state index in [2.05, 4.69) is 19.6 Å². The maximum Gasteiger partial charge on any atom is 0.236 e. The van der Waals surface area contributed by atoms with E-state index in [1.54, 1.807) is 0 Å². The third-order valence-electron chi connectivity index (χ3n) is 3.83. The van der Waals surface area contributed by atoms with E-state index in [9.17, 15) is 4.79 Å². The summed E-state index contributed by atoms with van der Waals surface area (Å²) in [4.78, 5) is 20.6. The molecule has 2 fully saturated rings. The number of carbonyl (C=O) groups excluding carboxylic acids is 1. The van der Waals surface area contributed by atoms with Gasteiger partial charge in [0.25, 0.3) is 0 Å². The summed E-state index contributed by atoms with van der Waals surface area (Å²) in [6.45, 7) is 6.65. The van der Waals surface area contributed by atoms with Crippen LogP contribution in [0.3, 0.4) is 0 Å². The van der Waals surface area contributed by atoms with Gasteiger partial charge in [-0.2, -0.15) is 4.37 Å². The molecule has 6 nitrogen and oxygen atoms in total. The average molecular weight is 295 g/mol. The van der Waals surface area contributed by atoms with Crippen LogP contribution in [0, 0.1) is 12.8 Å². The van der Waals surface area contributed by atoms with Crippen molar-refractivity contribution in [3.63, 3.8) is 0 Å². The molecule has 1 N–H and O–H groups in total. The minimum Gasteiger partial charge on any atom is -0.343 e. The highest BCUT2D eigenvalue weighted by Gasteiger charge is 2.24. The Kier molecular flexibility index (Phi) is 4.16. The Morgan fingerprint density at radius 1 is 1.35 bits per heavy atom. The third kappa shape index (κ3) is 3.46. The zero-order chi connectivity index (χ0) is 13.9. The zero-order valence-corrected chi connectivity index (χ0v) is 12.7. The van der Waals surface area contributed by atoms with Gasteiger partial charge in [-0.15, -0.1) is 0 Å². The Morgan fingerprint density at radius 2 is 2.10 bits per heavy atom. The minimum atomic E-state index is 0.221. The maximum absolute atomic E-state index is 12.1. The number of amides is 1. The molecule has 7 heteroatoms. The van der Waals surface area contributed by atoms with Gasteiger partial charge in [-0.1, -0.05) is 0 Å². The monoisotopic (exact) mass is 295 g/mol. The summed E-state index contributed by atoms with van der Waals surface area (Å²) in [6, 6.07) is 0. The highest BCUT2D eigenvalue weighted by Crippen LogP contribution is 2.27. The first-order valence-electron chi connectivity index (χ1n) is 7.26. The first kappa shape index (κ1) is 13.8. The number of piperazine rings is 1. The van der Waals surface area contributed by atoms with E-state index in [0.717, 1.165) is 49.6 Å². The molecule has 1 aliphatic carbocycles.